The number of ether oxygens (including phenoxy) is 3. The van der Waals surface area contributed by atoms with Gasteiger partial charge in [0.2, 0.25) is 5.91 Å². The van der Waals surface area contributed by atoms with Crippen molar-refractivity contribution in [2.75, 3.05) is 19.5 Å². The predicted octanol–water partition coefficient (Wildman–Crippen LogP) is 3.05. The van der Waals surface area contributed by atoms with Crippen LogP contribution < -0.4 is 20.1 Å². The smallest absolute Gasteiger partial charge is 0.312 e. The lowest BCUT2D eigenvalue weighted by atomic mass is 9.47. The molecule has 4 saturated carbocycles. The number of hydrogen-bond donors (Lipinski definition) is 2. The van der Waals surface area contributed by atoms with Gasteiger partial charge in [0.15, 0.2) is 6.10 Å². The first-order chi connectivity index (χ1) is 15.2. The highest BCUT2D eigenvalue weighted by molar-refractivity contribution is 5.95. The van der Waals surface area contributed by atoms with E-state index in [4.69, 9.17) is 14.2 Å². The van der Waals surface area contributed by atoms with Crippen molar-refractivity contribution in [2.45, 2.75) is 64.0 Å². The number of benzene rings is 1. The van der Waals surface area contributed by atoms with Gasteiger partial charge in [0.25, 0.3) is 5.91 Å². The highest BCUT2D eigenvalue weighted by Gasteiger charge is 2.61. The van der Waals surface area contributed by atoms with Crippen LogP contribution >= 0.6 is 0 Å². The number of carbonyl (C=O) groups excluding carboxylic acids is 3. The molecule has 0 spiro atoms. The van der Waals surface area contributed by atoms with Crippen LogP contribution in [-0.2, 0) is 19.1 Å². The fraction of sp³-hybridized carbons (Fsp3) is 0.625. The molecule has 32 heavy (non-hydrogen) atoms. The number of amides is 2. The Labute approximate surface area is 188 Å². The molecule has 4 fully saturated rings. The molecule has 174 valence electrons. The Bertz CT molecular complexity index is 893. The summed E-state index contributed by atoms with van der Waals surface area (Å²) in [6, 6.07) is 5.05. The molecule has 4 aliphatic carbocycles. The molecule has 2 N–H and O–H groups in total. The third-order valence-electron chi connectivity index (χ3n) is 7.21. The predicted molar refractivity (Wildman–Crippen MR) is 117 cm³/mol. The Morgan fingerprint density at radius 3 is 2.12 bits per heavy atom. The molecular weight excluding hydrogens is 412 g/mol. The van der Waals surface area contributed by atoms with Gasteiger partial charge in [0.1, 0.15) is 11.5 Å². The SMILES string of the molecule is COc1cc(NC(=O)[C@@H](C)OC(=O)C23C[C@H]4C[C@@H](CC(NC(C)=O)(C4)C2)C3)cc(OC)c1. The lowest BCUT2D eigenvalue weighted by Gasteiger charge is -2.60. The molecule has 8 heteroatoms. The number of esters is 1. The summed E-state index contributed by atoms with van der Waals surface area (Å²) in [5.41, 5.74) is -0.453. The van der Waals surface area contributed by atoms with Crippen molar-refractivity contribution in [3.05, 3.63) is 18.2 Å². The minimum atomic E-state index is -0.954. The zero-order valence-electron chi connectivity index (χ0n) is 19.2. The van der Waals surface area contributed by atoms with E-state index in [1.54, 1.807) is 25.1 Å². The molecule has 5 rings (SSSR count). The number of methoxy groups -OCH3 is 2. The molecular formula is C24H32N2O6. The molecule has 0 radical (unpaired) electrons. The van der Waals surface area contributed by atoms with Gasteiger partial charge in [-0.3, -0.25) is 14.4 Å². The standard InChI is InChI=1S/C24H32N2O6/c1-14(21(28)25-18-6-19(30-3)8-20(7-18)31-4)32-22(29)23-9-16-5-17(10-23)12-24(11-16,13-23)26-15(2)27/h6-8,14,16-17H,5,9-13H2,1-4H3,(H,25,28)(H,26,27)/t14-,16-,17-,23?,24?/m1/s1. The summed E-state index contributed by atoms with van der Waals surface area (Å²) in [5, 5.41) is 5.92. The highest BCUT2D eigenvalue weighted by Crippen LogP contribution is 2.62. The van der Waals surface area contributed by atoms with Crippen molar-refractivity contribution in [3.63, 3.8) is 0 Å². The molecule has 1 aromatic carbocycles. The van der Waals surface area contributed by atoms with Crippen molar-refractivity contribution >= 4 is 23.5 Å². The fourth-order valence-corrected chi connectivity index (χ4v) is 6.48. The van der Waals surface area contributed by atoms with E-state index in [2.05, 4.69) is 10.6 Å². The first-order valence-electron chi connectivity index (χ1n) is 11.2. The average Bonchev–Trinajstić information content (AvgIpc) is 2.71. The van der Waals surface area contributed by atoms with Crippen LogP contribution in [0.2, 0.25) is 0 Å². The third kappa shape index (κ3) is 4.27. The van der Waals surface area contributed by atoms with Crippen LogP contribution in [0.3, 0.4) is 0 Å². The summed E-state index contributed by atoms with van der Waals surface area (Å²) in [5.74, 6) is 1.09. The van der Waals surface area contributed by atoms with Crippen LogP contribution in [0.1, 0.15) is 52.4 Å². The van der Waals surface area contributed by atoms with Crippen LogP contribution in [0, 0.1) is 17.3 Å². The lowest BCUT2D eigenvalue weighted by Crippen LogP contribution is -2.65. The number of anilines is 1. The van der Waals surface area contributed by atoms with Gasteiger partial charge in [0, 0.05) is 36.3 Å². The quantitative estimate of drug-likeness (QED) is 0.627. The van der Waals surface area contributed by atoms with Gasteiger partial charge in [-0.2, -0.15) is 0 Å². The molecule has 3 atom stereocenters. The number of hydrogen-bond acceptors (Lipinski definition) is 6. The molecule has 0 unspecified atom stereocenters. The Balaban J connectivity index is 1.44. The molecule has 0 heterocycles. The minimum absolute atomic E-state index is 0.0584. The van der Waals surface area contributed by atoms with Gasteiger partial charge < -0.3 is 24.8 Å². The van der Waals surface area contributed by atoms with Crippen molar-refractivity contribution in [3.8, 4) is 11.5 Å². The Morgan fingerprint density at radius 1 is 1.00 bits per heavy atom. The van der Waals surface area contributed by atoms with E-state index in [0.29, 0.717) is 35.4 Å². The van der Waals surface area contributed by atoms with E-state index in [1.807, 2.05) is 0 Å². The summed E-state index contributed by atoms with van der Waals surface area (Å²) < 4.78 is 16.2. The molecule has 8 nitrogen and oxygen atoms in total. The molecule has 0 aliphatic heterocycles. The first kappa shape index (κ1) is 22.4. The number of nitrogens with one attached hydrogen (secondary N) is 2. The molecule has 4 aliphatic rings. The van der Waals surface area contributed by atoms with E-state index in [1.165, 1.54) is 21.1 Å². The van der Waals surface area contributed by atoms with Gasteiger partial charge in [0.05, 0.1) is 19.6 Å². The Hall–Kier alpha value is -2.77. The van der Waals surface area contributed by atoms with Gasteiger partial charge in [-0.15, -0.1) is 0 Å². The molecule has 0 saturated heterocycles. The van der Waals surface area contributed by atoms with E-state index < -0.39 is 17.4 Å². The second kappa shape index (κ2) is 8.30. The second-order valence-electron chi connectivity index (χ2n) is 9.84. The van der Waals surface area contributed by atoms with E-state index >= 15 is 0 Å². The topological polar surface area (TPSA) is 103 Å². The van der Waals surface area contributed by atoms with E-state index in [9.17, 15) is 14.4 Å². The number of carbonyl (C=O) groups is 3. The van der Waals surface area contributed by atoms with Crippen LogP contribution in [-0.4, -0.2) is 43.6 Å². The van der Waals surface area contributed by atoms with Crippen molar-refractivity contribution in [1.82, 2.24) is 5.32 Å². The maximum atomic E-state index is 13.3. The molecule has 1 aromatic rings. The van der Waals surface area contributed by atoms with Crippen LogP contribution in [0.15, 0.2) is 18.2 Å². The summed E-state index contributed by atoms with van der Waals surface area (Å²) in [6.45, 7) is 3.11. The third-order valence-corrected chi connectivity index (χ3v) is 7.21. The van der Waals surface area contributed by atoms with Crippen molar-refractivity contribution in [1.29, 1.82) is 0 Å². The van der Waals surface area contributed by atoms with Crippen LogP contribution in [0.4, 0.5) is 5.69 Å². The maximum Gasteiger partial charge on any atom is 0.312 e. The monoisotopic (exact) mass is 444 g/mol. The van der Waals surface area contributed by atoms with Gasteiger partial charge in [-0.05, 0) is 57.3 Å². The van der Waals surface area contributed by atoms with Crippen LogP contribution in [0.25, 0.3) is 0 Å². The van der Waals surface area contributed by atoms with E-state index in [-0.39, 0.29) is 17.4 Å². The maximum absolute atomic E-state index is 13.3. The average molecular weight is 445 g/mol. The summed E-state index contributed by atoms with van der Waals surface area (Å²) in [7, 11) is 3.06. The summed E-state index contributed by atoms with van der Waals surface area (Å²) in [4.78, 5) is 37.9. The van der Waals surface area contributed by atoms with Gasteiger partial charge in [-0.1, -0.05) is 0 Å². The summed E-state index contributed by atoms with van der Waals surface area (Å²) >= 11 is 0. The Morgan fingerprint density at radius 2 is 1.59 bits per heavy atom. The zero-order valence-corrected chi connectivity index (χ0v) is 19.2. The lowest BCUT2D eigenvalue weighted by molar-refractivity contribution is -0.181. The molecule has 2 amide bonds. The normalized spacial score (nSPS) is 30.9. The largest absolute Gasteiger partial charge is 0.497 e. The van der Waals surface area contributed by atoms with Gasteiger partial charge in [-0.25, -0.2) is 0 Å². The van der Waals surface area contributed by atoms with Crippen molar-refractivity contribution < 1.29 is 28.6 Å². The molecule has 4 bridgehead atoms. The first-order valence-corrected chi connectivity index (χ1v) is 11.2. The zero-order chi connectivity index (χ0) is 23.1. The van der Waals surface area contributed by atoms with Crippen LogP contribution in [0.5, 0.6) is 11.5 Å². The minimum Gasteiger partial charge on any atom is -0.497 e. The number of rotatable bonds is 7. The van der Waals surface area contributed by atoms with Crippen molar-refractivity contribution in [2.24, 2.45) is 17.3 Å². The van der Waals surface area contributed by atoms with Gasteiger partial charge >= 0.3 is 5.97 Å². The fourth-order valence-electron chi connectivity index (χ4n) is 6.48. The molecule has 0 aromatic heterocycles. The van der Waals surface area contributed by atoms with E-state index in [0.717, 1.165) is 32.1 Å². The highest BCUT2D eigenvalue weighted by atomic mass is 16.5. The Kier molecular flexibility index (Phi) is 5.81. The second-order valence-corrected chi connectivity index (χ2v) is 9.84. The summed E-state index contributed by atoms with van der Waals surface area (Å²) in [6.07, 6.45) is 4.12.